The molecule has 0 atom stereocenters. The molecule has 5 aromatic heterocycles. The van der Waals surface area contributed by atoms with E-state index in [4.69, 9.17) is 19.0 Å². The molecule has 0 aliphatic rings. The average molecular weight is 890 g/mol. The Bertz CT molecular complexity index is 2780. The first-order chi connectivity index (χ1) is 26.7. The minimum absolute atomic E-state index is 0. The molecule has 5 aromatic carbocycles. The summed E-state index contributed by atoms with van der Waals surface area (Å²) in [6, 6.07) is 56.0. The van der Waals surface area contributed by atoms with E-state index in [1.54, 1.807) is 24.9 Å². The zero-order valence-electron chi connectivity index (χ0n) is 29.3. The third-order valence-corrected chi connectivity index (χ3v) is 9.29. The quantitative estimate of drug-likeness (QED) is 0.132. The van der Waals surface area contributed by atoms with Crippen LogP contribution in [-0.2, 0) is 20.1 Å². The maximum absolute atomic E-state index is 7.23. The van der Waals surface area contributed by atoms with Gasteiger partial charge < -0.3 is 29.0 Å². The van der Waals surface area contributed by atoms with E-state index < -0.39 is 0 Å². The van der Waals surface area contributed by atoms with Gasteiger partial charge in [0.1, 0.15) is 22.7 Å². The van der Waals surface area contributed by atoms with Crippen LogP contribution in [0.5, 0.6) is 0 Å². The first kappa shape index (κ1) is 35.3. The van der Waals surface area contributed by atoms with Crippen molar-refractivity contribution in [3.8, 4) is 67.4 Å². The van der Waals surface area contributed by atoms with Crippen molar-refractivity contribution in [2.45, 2.75) is 0 Å². The van der Waals surface area contributed by atoms with E-state index in [1.807, 2.05) is 115 Å². The van der Waals surface area contributed by atoms with Crippen molar-refractivity contribution in [1.29, 1.82) is 0 Å². The number of fused-ring (bicyclic) bond motifs is 3. The molecule has 2 N–H and O–H groups in total. The summed E-state index contributed by atoms with van der Waals surface area (Å²) in [4.78, 5) is 8.75. The van der Waals surface area contributed by atoms with Crippen molar-refractivity contribution in [3.63, 3.8) is 0 Å². The Morgan fingerprint density at radius 1 is 0.491 bits per heavy atom. The third-order valence-electron chi connectivity index (χ3n) is 9.29. The molecular weight excluding hydrogens is 859 g/mol. The summed E-state index contributed by atoms with van der Waals surface area (Å²) >= 11 is 0. The number of nitrogens with two attached hydrogens (primary N) is 1. The summed E-state index contributed by atoms with van der Waals surface area (Å²) in [7, 11) is 0. The van der Waals surface area contributed by atoms with Gasteiger partial charge in [-0.05, 0) is 83.2 Å². The number of nitrogens with zero attached hydrogens (tertiary/aromatic N) is 2. The molecule has 0 unspecified atom stereocenters. The Morgan fingerprint density at radius 2 is 1.11 bits per heavy atom. The molecular formula is C48H31IrN3O3-2. The van der Waals surface area contributed by atoms with Crippen molar-refractivity contribution < 1.29 is 33.4 Å². The molecule has 0 spiro atoms. The number of hydrogen-bond acceptors (Lipinski definition) is 6. The number of aromatic nitrogens is 2. The molecule has 0 aliphatic heterocycles. The Kier molecular flexibility index (Phi) is 10.0. The van der Waals surface area contributed by atoms with E-state index in [9.17, 15) is 0 Å². The molecule has 267 valence electrons. The van der Waals surface area contributed by atoms with E-state index in [1.165, 1.54) is 0 Å². The summed E-state index contributed by atoms with van der Waals surface area (Å²) in [5, 5.41) is 2.13. The molecule has 0 fully saturated rings. The predicted octanol–water partition coefficient (Wildman–Crippen LogP) is 12.4. The topological polar surface area (TPSA) is 91.2 Å². The maximum atomic E-state index is 7.23. The fourth-order valence-corrected chi connectivity index (χ4v) is 6.83. The van der Waals surface area contributed by atoms with Gasteiger partial charge in [-0.1, -0.05) is 54.1 Å². The second-order valence-electron chi connectivity index (χ2n) is 12.6. The Balaban J connectivity index is 0.000000280. The van der Waals surface area contributed by atoms with Crippen LogP contribution in [0.1, 0.15) is 0 Å². The molecule has 10 aromatic rings. The minimum atomic E-state index is 0. The molecule has 7 heteroatoms. The number of furan rings is 3. The van der Waals surface area contributed by atoms with Gasteiger partial charge in [-0.3, -0.25) is 0 Å². The second kappa shape index (κ2) is 15.7. The molecule has 0 aliphatic carbocycles. The first-order valence-corrected chi connectivity index (χ1v) is 17.5. The zero-order chi connectivity index (χ0) is 36.3. The number of hydrogen-bond donors (Lipinski definition) is 1. The number of rotatable bonds is 6. The molecule has 5 heterocycles. The van der Waals surface area contributed by atoms with Crippen LogP contribution in [0.25, 0.3) is 89.4 Å². The zero-order valence-corrected chi connectivity index (χ0v) is 31.7. The van der Waals surface area contributed by atoms with Crippen LogP contribution < -0.4 is 5.73 Å². The van der Waals surface area contributed by atoms with Gasteiger partial charge in [0.25, 0.3) is 0 Å². The normalized spacial score (nSPS) is 10.8. The Labute approximate surface area is 331 Å². The van der Waals surface area contributed by atoms with Gasteiger partial charge in [0.15, 0.2) is 0 Å². The standard InChI is InChI=1S/C37H23N2O3.C11H8N.Ir/c38-37-35(24-9-5-8-23(20-24)30-11-3-4-17-39-30)28(31-13-6-18-40-31)22-29(32-14-7-19-41-32)36(37)25-15-16-27-26-10-1-2-12-33(26)42-34(27)21-25;1-2-6-10(7-3-1)11-8-4-5-9-12-11;/h1-7,9-22H,38H2;1-6,8-9H;/q2*-1;. The summed E-state index contributed by atoms with van der Waals surface area (Å²) in [5.74, 6) is 1.41. The van der Waals surface area contributed by atoms with E-state index in [0.717, 1.165) is 77.8 Å². The SMILES string of the molecule is Nc1c(-c2cc[c-]c(-c3ccccn3)c2)c(-c2ccco2)cc(-c2ccco2)c1-c1ccc2c(c1)oc1ccccc12.[Ir].[c-]1ccccc1-c1ccccn1. The van der Waals surface area contributed by atoms with Gasteiger partial charge in [0.05, 0.1) is 12.5 Å². The fraction of sp³-hybridized carbons (Fsp3) is 0. The van der Waals surface area contributed by atoms with Gasteiger partial charge >= 0.3 is 0 Å². The van der Waals surface area contributed by atoms with Crippen LogP contribution in [0.3, 0.4) is 0 Å². The van der Waals surface area contributed by atoms with Crippen LogP contribution >= 0.6 is 0 Å². The number of benzene rings is 5. The molecule has 1 radical (unpaired) electrons. The summed E-state index contributed by atoms with van der Waals surface area (Å²) in [6.45, 7) is 0. The fourth-order valence-electron chi connectivity index (χ4n) is 6.83. The summed E-state index contributed by atoms with van der Waals surface area (Å²) < 4.78 is 18.1. The van der Waals surface area contributed by atoms with Crippen molar-refractivity contribution in [3.05, 3.63) is 189 Å². The molecule has 0 saturated carbocycles. The molecule has 0 bridgehead atoms. The Hall–Kier alpha value is -6.79. The summed E-state index contributed by atoms with van der Waals surface area (Å²) in [6.07, 6.45) is 6.91. The molecule has 10 rings (SSSR count). The van der Waals surface area contributed by atoms with E-state index in [2.05, 4.69) is 58.5 Å². The van der Waals surface area contributed by atoms with Crippen LogP contribution in [0.4, 0.5) is 5.69 Å². The van der Waals surface area contributed by atoms with Crippen molar-refractivity contribution in [1.82, 2.24) is 9.97 Å². The maximum Gasteiger partial charge on any atom is 0.136 e. The van der Waals surface area contributed by atoms with Crippen LogP contribution in [0, 0.1) is 12.1 Å². The number of para-hydroxylation sites is 1. The van der Waals surface area contributed by atoms with Gasteiger partial charge in [-0.25, -0.2) is 0 Å². The monoisotopic (exact) mass is 890 g/mol. The Morgan fingerprint density at radius 3 is 1.75 bits per heavy atom. The average Bonchev–Trinajstić information content (AvgIpc) is 4.04. The van der Waals surface area contributed by atoms with Crippen LogP contribution in [0.15, 0.2) is 190 Å². The minimum Gasteiger partial charge on any atom is -0.464 e. The summed E-state index contributed by atoms with van der Waals surface area (Å²) in [5.41, 5.74) is 18.5. The molecule has 0 saturated heterocycles. The van der Waals surface area contributed by atoms with Gasteiger partial charge in [-0.15, -0.1) is 65.7 Å². The number of pyridine rings is 2. The van der Waals surface area contributed by atoms with E-state index in [-0.39, 0.29) is 20.1 Å². The largest absolute Gasteiger partial charge is 0.464 e. The van der Waals surface area contributed by atoms with Crippen LogP contribution in [-0.4, -0.2) is 9.97 Å². The molecule has 6 nitrogen and oxygen atoms in total. The van der Waals surface area contributed by atoms with E-state index >= 15 is 0 Å². The van der Waals surface area contributed by atoms with Gasteiger partial charge in [0, 0.05) is 65.6 Å². The van der Waals surface area contributed by atoms with E-state index in [0.29, 0.717) is 17.2 Å². The third kappa shape index (κ3) is 7.02. The number of nitrogen functional groups attached to an aromatic ring is 1. The number of anilines is 1. The van der Waals surface area contributed by atoms with Crippen molar-refractivity contribution >= 4 is 27.6 Å². The molecule has 0 amide bonds. The second-order valence-corrected chi connectivity index (χ2v) is 12.6. The van der Waals surface area contributed by atoms with Crippen LogP contribution in [0.2, 0.25) is 0 Å². The smallest absolute Gasteiger partial charge is 0.136 e. The van der Waals surface area contributed by atoms with Crippen molar-refractivity contribution in [2.24, 2.45) is 0 Å². The van der Waals surface area contributed by atoms with Gasteiger partial charge in [-0.2, -0.15) is 0 Å². The van der Waals surface area contributed by atoms with Gasteiger partial charge in [0.2, 0.25) is 0 Å². The molecule has 55 heavy (non-hydrogen) atoms. The van der Waals surface area contributed by atoms with Crippen molar-refractivity contribution in [2.75, 3.05) is 5.73 Å². The predicted molar refractivity (Wildman–Crippen MR) is 215 cm³/mol. The first-order valence-electron chi connectivity index (χ1n) is 17.5.